The van der Waals surface area contributed by atoms with Gasteiger partial charge in [-0.1, -0.05) is 11.6 Å². The maximum absolute atomic E-state index is 12.2. The highest BCUT2D eigenvalue weighted by molar-refractivity contribution is 7.90. The normalized spacial score (nSPS) is 13.0. The summed E-state index contributed by atoms with van der Waals surface area (Å²) in [6, 6.07) is 8.52. The Morgan fingerprint density at radius 1 is 1.13 bits per heavy atom. The van der Waals surface area contributed by atoms with Gasteiger partial charge in [0.2, 0.25) is 6.79 Å². The zero-order chi connectivity index (χ0) is 16.6. The number of hydrogen-bond donors (Lipinski definition) is 0. The van der Waals surface area contributed by atoms with Gasteiger partial charge in [-0.05, 0) is 30.3 Å². The Morgan fingerprint density at radius 2 is 1.87 bits per heavy atom. The SMILES string of the molecule is CS(=O)(=O)c1ccc(Cl)c(C(=O)Oc2ccc3c(c2)OCO3)c1. The monoisotopic (exact) mass is 354 g/mol. The highest BCUT2D eigenvalue weighted by atomic mass is 35.5. The van der Waals surface area contributed by atoms with E-state index in [0.29, 0.717) is 11.5 Å². The Bertz CT molecular complexity index is 891. The first-order chi connectivity index (χ1) is 10.8. The van der Waals surface area contributed by atoms with Crippen molar-refractivity contribution < 1.29 is 27.4 Å². The lowest BCUT2D eigenvalue weighted by molar-refractivity contribution is 0.0734. The molecule has 8 heteroatoms. The predicted molar refractivity (Wildman–Crippen MR) is 82.1 cm³/mol. The van der Waals surface area contributed by atoms with Crippen molar-refractivity contribution in [3.63, 3.8) is 0 Å². The van der Waals surface area contributed by atoms with E-state index in [2.05, 4.69) is 0 Å². The minimum Gasteiger partial charge on any atom is -0.454 e. The highest BCUT2D eigenvalue weighted by Gasteiger charge is 2.19. The molecule has 2 aromatic carbocycles. The van der Waals surface area contributed by atoms with Crippen LogP contribution in [0.2, 0.25) is 5.02 Å². The van der Waals surface area contributed by atoms with Crippen molar-refractivity contribution in [1.29, 1.82) is 0 Å². The molecule has 0 saturated heterocycles. The maximum atomic E-state index is 12.2. The van der Waals surface area contributed by atoms with Crippen LogP contribution in [0.4, 0.5) is 0 Å². The van der Waals surface area contributed by atoms with Crippen LogP contribution in [0.25, 0.3) is 0 Å². The second-order valence-corrected chi connectivity index (χ2v) is 7.24. The first-order valence-corrected chi connectivity index (χ1v) is 8.73. The van der Waals surface area contributed by atoms with E-state index < -0.39 is 15.8 Å². The van der Waals surface area contributed by atoms with Crippen molar-refractivity contribution >= 4 is 27.4 Å². The molecule has 3 rings (SSSR count). The molecule has 0 aliphatic carbocycles. The minimum atomic E-state index is -3.46. The number of halogens is 1. The molecule has 6 nitrogen and oxygen atoms in total. The molecule has 0 bridgehead atoms. The van der Waals surface area contributed by atoms with E-state index >= 15 is 0 Å². The van der Waals surface area contributed by atoms with Crippen molar-refractivity contribution in [2.75, 3.05) is 13.0 Å². The van der Waals surface area contributed by atoms with Crippen LogP contribution in [-0.2, 0) is 9.84 Å². The molecule has 0 amide bonds. The van der Waals surface area contributed by atoms with Crippen LogP contribution in [0, 0.1) is 0 Å². The lowest BCUT2D eigenvalue weighted by Gasteiger charge is -2.08. The summed E-state index contributed by atoms with van der Waals surface area (Å²) in [5.74, 6) is 0.493. The van der Waals surface area contributed by atoms with Crippen molar-refractivity contribution in [2.45, 2.75) is 4.90 Å². The van der Waals surface area contributed by atoms with Crippen molar-refractivity contribution in [3.8, 4) is 17.2 Å². The zero-order valence-corrected chi connectivity index (χ0v) is 13.5. The molecule has 0 saturated carbocycles. The molecular weight excluding hydrogens is 344 g/mol. The number of esters is 1. The summed E-state index contributed by atoms with van der Waals surface area (Å²) < 4.78 is 38.7. The molecule has 0 N–H and O–H groups in total. The highest BCUT2D eigenvalue weighted by Crippen LogP contribution is 2.35. The summed E-state index contributed by atoms with van der Waals surface area (Å²) in [5, 5.41) is 0.100. The Balaban J connectivity index is 1.89. The average molecular weight is 355 g/mol. The van der Waals surface area contributed by atoms with Gasteiger partial charge in [-0.25, -0.2) is 13.2 Å². The number of sulfone groups is 1. The third-order valence-corrected chi connectivity index (χ3v) is 4.58. The van der Waals surface area contributed by atoms with Gasteiger partial charge in [0.1, 0.15) is 5.75 Å². The van der Waals surface area contributed by atoms with Crippen molar-refractivity contribution in [3.05, 3.63) is 47.0 Å². The third-order valence-electron chi connectivity index (χ3n) is 3.14. The molecule has 1 aliphatic heterocycles. The molecule has 120 valence electrons. The standard InChI is InChI=1S/C15H11ClO6S/c1-23(18,19)10-3-4-12(16)11(7-10)15(17)22-9-2-5-13-14(6-9)21-8-20-13/h2-7H,8H2,1H3. The molecule has 23 heavy (non-hydrogen) atoms. The lowest BCUT2D eigenvalue weighted by Crippen LogP contribution is -2.10. The van der Waals surface area contributed by atoms with Crippen molar-refractivity contribution in [1.82, 2.24) is 0 Å². The molecule has 1 heterocycles. The van der Waals surface area contributed by atoms with Gasteiger partial charge in [0.05, 0.1) is 15.5 Å². The molecule has 0 unspecified atom stereocenters. The summed E-state index contributed by atoms with van der Waals surface area (Å²) in [5.41, 5.74) is -0.0349. The Morgan fingerprint density at radius 3 is 2.61 bits per heavy atom. The van der Waals surface area contributed by atoms with Gasteiger partial charge in [0.25, 0.3) is 0 Å². The first-order valence-electron chi connectivity index (χ1n) is 6.46. The van der Waals surface area contributed by atoms with Crippen LogP contribution in [0.15, 0.2) is 41.3 Å². The Hall–Kier alpha value is -2.25. The van der Waals surface area contributed by atoms with E-state index in [1.54, 1.807) is 12.1 Å². The molecule has 0 radical (unpaired) electrons. The van der Waals surface area contributed by atoms with E-state index in [1.807, 2.05) is 0 Å². The smallest absolute Gasteiger partial charge is 0.345 e. The van der Waals surface area contributed by atoms with Gasteiger partial charge in [0, 0.05) is 12.3 Å². The fourth-order valence-electron chi connectivity index (χ4n) is 1.99. The molecule has 1 aliphatic rings. The van der Waals surface area contributed by atoms with Gasteiger partial charge in [-0.2, -0.15) is 0 Å². The average Bonchev–Trinajstić information content (AvgIpc) is 2.93. The van der Waals surface area contributed by atoms with Gasteiger partial charge < -0.3 is 14.2 Å². The van der Waals surface area contributed by atoms with Crippen LogP contribution < -0.4 is 14.2 Å². The number of carbonyl (C=O) groups excluding carboxylic acids is 1. The molecular formula is C15H11ClO6S. The second-order valence-electron chi connectivity index (χ2n) is 4.82. The van der Waals surface area contributed by atoms with Gasteiger partial charge in [-0.15, -0.1) is 0 Å². The Kier molecular flexibility index (Phi) is 3.91. The fourth-order valence-corrected chi connectivity index (χ4v) is 2.84. The maximum Gasteiger partial charge on any atom is 0.345 e. The topological polar surface area (TPSA) is 78.9 Å². The first kappa shape index (κ1) is 15.6. The van der Waals surface area contributed by atoms with Gasteiger partial charge in [-0.3, -0.25) is 0 Å². The van der Waals surface area contributed by atoms with Gasteiger partial charge >= 0.3 is 5.97 Å². The Labute approximate surface area is 137 Å². The van der Waals surface area contributed by atoms with E-state index in [9.17, 15) is 13.2 Å². The van der Waals surface area contributed by atoms with Crippen LogP contribution >= 0.6 is 11.6 Å². The molecule has 0 fully saturated rings. The largest absolute Gasteiger partial charge is 0.454 e. The molecule has 2 aromatic rings. The summed E-state index contributed by atoms with van der Waals surface area (Å²) in [6.45, 7) is 0.106. The third kappa shape index (κ3) is 3.25. The summed E-state index contributed by atoms with van der Waals surface area (Å²) in [7, 11) is -3.46. The van der Waals surface area contributed by atoms with E-state index in [4.69, 9.17) is 25.8 Å². The fraction of sp³-hybridized carbons (Fsp3) is 0.133. The van der Waals surface area contributed by atoms with Crippen LogP contribution in [0.5, 0.6) is 17.2 Å². The second kappa shape index (κ2) is 5.75. The number of carbonyl (C=O) groups is 1. The quantitative estimate of drug-likeness (QED) is 0.623. The van der Waals surface area contributed by atoms with Gasteiger partial charge in [0.15, 0.2) is 21.3 Å². The summed E-state index contributed by atoms with van der Waals surface area (Å²) >= 11 is 5.96. The number of fused-ring (bicyclic) bond motifs is 1. The van der Waals surface area contributed by atoms with Crippen LogP contribution in [0.3, 0.4) is 0 Å². The van der Waals surface area contributed by atoms with Crippen LogP contribution in [0.1, 0.15) is 10.4 Å². The molecule has 0 atom stereocenters. The summed E-state index contributed by atoms with van der Waals surface area (Å²) in [6.07, 6.45) is 1.04. The van der Waals surface area contributed by atoms with Crippen LogP contribution in [-0.4, -0.2) is 27.4 Å². The lowest BCUT2D eigenvalue weighted by atomic mass is 10.2. The molecule has 0 spiro atoms. The minimum absolute atomic E-state index is 0.0143. The number of rotatable bonds is 3. The van der Waals surface area contributed by atoms with E-state index in [1.165, 1.54) is 24.3 Å². The van der Waals surface area contributed by atoms with Crippen molar-refractivity contribution in [2.24, 2.45) is 0 Å². The van der Waals surface area contributed by atoms with E-state index in [0.717, 1.165) is 6.26 Å². The zero-order valence-electron chi connectivity index (χ0n) is 11.9. The number of hydrogen-bond acceptors (Lipinski definition) is 6. The molecule has 0 aromatic heterocycles. The summed E-state index contributed by atoms with van der Waals surface area (Å²) in [4.78, 5) is 12.2. The van der Waals surface area contributed by atoms with E-state index in [-0.39, 0.29) is 28.0 Å². The number of benzene rings is 2. The predicted octanol–water partition coefficient (Wildman–Crippen LogP) is 2.69. The number of ether oxygens (including phenoxy) is 3.